The summed E-state index contributed by atoms with van der Waals surface area (Å²) in [6.07, 6.45) is 2.48. The molecule has 0 saturated heterocycles. The average Bonchev–Trinajstić information content (AvgIpc) is 2.97. The van der Waals surface area contributed by atoms with Gasteiger partial charge in [-0.3, -0.25) is 0 Å². The van der Waals surface area contributed by atoms with Crippen LogP contribution < -0.4 is 0 Å². The van der Waals surface area contributed by atoms with Gasteiger partial charge >= 0.3 is 5.97 Å². The zero-order valence-corrected chi connectivity index (χ0v) is 16.8. The predicted molar refractivity (Wildman–Crippen MR) is 105 cm³/mol. The number of carboxylic acids is 1. The number of aromatic carboxylic acids is 1. The van der Waals surface area contributed by atoms with Crippen molar-refractivity contribution in [3.8, 4) is 0 Å². The standard InChI is InChI=1S/C17H21N3O2S.BrH/c1-5-20(4)10-18-14-7-11(2)13(6-12(14)3)8-16-19-15(9-23-16)17(21)22;/h6-7,9-10H,5,8H2,1-4H3,(H,21,22);1H. The van der Waals surface area contributed by atoms with Crippen LogP contribution >= 0.6 is 28.3 Å². The van der Waals surface area contributed by atoms with Crippen LogP contribution in [0, 0.1) is 13.8 Å². The molecule has 2 rings (SSSR count). The van der Waals surface area contributed by atoms with Gasteiger partial charge in [0.25, 0.3) is 0 Å². The van der Waals surface area contributed by atoms with Gasteiger partial charge in [0.1, 0.15) is 0 Å². The fourth-order valence-electron chi connectivity index (χ4n) is 2.09. The van der Waals surface area contributed by atoms with E-state index < -0.39 is 5.97 Å². The molecule has 0 aliphatic heterocycles. The molecule has 1 N–H and O–H groups in total. The van der Waals surface area contributed by atoms with Gasteiger partial charge in [-0.05, 0) is 43.5 Å². The number of hydrogen-bond donors (Lipinski definition) is 1. The van der Waals surface area contributed by atoms with Crippen LogP contribution in [0.15, 0.2) is 22.5 Å². The fraction of sp³-hybridized carbons (Fsp3) is 0.353. The van der Waals surface area contributed by atoms with E-state index in [-0.39, 0.29) is 22.7 Å². The summed E-state index contributed by atoms with van der Waals surface area (Å²) in [5.41, 5.74) is 4.45. The Balaban J connectivity index is 0.00000288. The van der Waals surface area contributed by atoms with E-state index in [9.17, 15) is 4.79 Å². The van der Waals surface area contributed by atoms with Crippen LogP contribution in [-0.2, 0) is 6.42 Å². The summed E-state index contributed by atoms with van der Waals surface area (Å²) in [6, 6.07) is 4.17. The fourth-order valence-corrected chi connectivity index (χ4v) is 2.88. The molecule has 1 aromatic heterocycles. The van der Waals surface area contributed by atoms with Crippen LogP contribution in [0.1, 0.15) is 39.1 Å². The molecular weight excluding hydrogens is 390 g/mol. The second kappa shape index (κ2) is 8.94. The quantitative estimate of drug-likeness (QED) is 0.570. The molecule has 0 unspecified atom stereocenters. The minimum atomic E-state index is -0.981. The molecule has 0 aliphatic rings. The van der Waals surface area contributed by atoms with Gasteiger partial charge in [-0.15, -0.1) is 28.3 Å². The number of thiazole rings is 1. The van der Waals surface area contributed by atoms with Gasteiger partial charge in [0, 0.05) is 25.4 Å². The molecule has 24 heavy (non-hydrogen) atoms. The normalized spacial score (nSPS) is 10.7. The van der Waals surface area contributed by atoms with E-state index in [0.29, 0.717) is 6.42 Å². The third-order valence-corrected chi connectivity index (χ3v) is 4.51. The Labute approximate surface area is 156 Å². The molecule has 5 nitrogen and oxygen atoms in total. The molecule has 0 atom stereocenters. The number of rotatable bonds is 6. The van der Waals surface area contributed by atoms with Crippen LogP contribution in [0.2, 0.25) is 0 Å². The van der Waals surface area contributed by atoms with Gasteiger partial charge in [0.2, 0.25) is 0 Å². The molecule has 0 saturated carbocycles. The number of aliphatic imine (C=N–C) groups is 1. The van der Waals surface area contributed by atoms with Gasteiger partial charge in [-0.2, -0.15) is 0 Å². The highest BCUT2D eigenvalue weighted by Crippen LogP contribution is 2.25. The van der Waals surface area contributed by atoms with E-state index in [1.807, 2.05) is 32.1 Å². The molecule has 0 bridgehead atoms. The van der Waals surface area contributed by atoms with E-state index >= 15 is 0 Å². The van der Waals surface area contributed by atoms with Crippen LogP contribution in [0.5, 0.6) is 0 Å². The molecular formula is C17H22BrN3O2S. The number of carboxylic acid groups (broad SMARTS) is 1. The smallest absolute Gasteiger partial charge is 0.355 e. The maximum atomic E-state index is 10.9. The lowest BCUT2D eigenvalue weighted by Crippen LogP contribution is -2.14. The summed E-state index contributed by atoms with van der Waals surface area (Å²) in [7, 11) is 1.99. The Morgan fingerprint density at radius 2 is 2.08 bits per heavy atom. The lowest BCUT2D eigenvalue weighted by atomic mass is 10.0. The number of hydrogen-bond acceptors (Lipinski definition) is 4. The topological polar surface area (TPSA) is 65.8 Å². The van der Waals surface area contributed by atoms with Crippen molar-refractivity contribution in [2.45, 2.75) is 27.2 Å². The zero-order chi connectivity index (χ0) is 17.0. The first-order valence-electron chi connectivity index (χ1n) is 7.43. The van der Waals surface area contributed by atoms with Crippen molar-refractivity contribution >= 4 is 46.3 Å². The molecule has 0 amide bonds. The van der Waals surface area contributed by atoms with E-state index in [1.54, 1.807) is 5.38 Å². The number of carbonyl (C=O) groups is 1. The first-order valence-corrected chi connectivity index (χ1v) is 8.31. The molecule has 0 fully saturated rings. The Morgan fingerprint density at radius 3 is 2.67 bits per heavy atom. The lowest BCUT2D eigenvalue weighted by Gasteiger charge is -2.11. The van der Waals surface area contributed by atoms with Crippen molar-refractivity contribution in [3.63, 3.8) is 0 Å². The second-order valence-corrected chi connectivity index (χ2v) is 6.43. The Hall–Kier alpha value is -1.73. The number of benzene rings is 1. The summed E-state index contributed by atoms with van der Waals surface area (Å²) in [5.74, 6) is -0.981. The molecule has 0 spiro atoms. The van der Waals surface area contributed by atoms with Crippen LogP contribution in [0.4, 0.5) is 5.69 Å². The maximum absolute atomic E-state index is 10.9. The Kier molecular flexibility index (Phi) is 7.57. The molecule has 0 aliphatic carbocycles. The highest BCUT2D eigenvalue weighted by Gasteiger charge is 2.11. The van der Waals surface area contributed by atoms with Gasteiger partial charge < -0.3 is 10.0 Å². The average molecular weight is 412 g/mol. The minimum absolute atomic E-state index is 0. The van der Waals surface area contributed by atoms with Gasteiger partial charge in [-0.1, -0.05) is 6.07 Å². The van der Waals surface area contributed by atoms with Gasteiger partial charge in [0.15, 0.2) is 5.69 Å². The first kappa shape index (κ1) is 20.3. The summed E-state index contributed by atoms with van der Waals surface area (Å²) < 4.78 is 0. The van der Waals surface area contributed by atoms with E-state index in [0.717, 1.165) is 33.9 Å². The number of aryl methyl sites for hydroxylation is 2. The van der Waals surface area contributed by atoms with Gasteiger partial charge in [0.05, 0.1) is 17.0 Å². The maximum Gasteiger partial charge on any atom is 0.355 e. The summed E-state index contributed by atoms with van der Waals surface area (Å²) >= 11 is 1.38. The van der Waals surface area contributed by atoms with Crippen LogP contribution in [0.3, 0.4) is 0 Å². The Bertz CT molecular complexity index is 743. The van der Waals surface area contributed by atoms with Crippen molar-refractivity contribution in [1.82, 2.24) is 9.88 Å². The first-order chi connectivity index (χ1) is 10.9. The summed E-state index contributed by atoms with van der Waals surface area (Å²) in [4.78, 5) is 21.6. The van der Waals surface area contributed by atoms with Gasteiger partial charge in [-0.25, -0.2) is 14.8 Å². The van der Waals surface area contributed by atoms with Crippen molar-refractivity contribution < 1.29 is 9.90 Å². The predicted octanol–water partition coefficient (Wildman–Crippen LogP) is 4.24. The lowest BCUT2D eigenvalue weighted by molar-refractivity contribution is 0.0691. The zero-order valence-electron chi connectivity index (χ0n) is 14.2. The number of aromatic nitrogens is 1. The van der Waals surface area contributed by atoms with E-state index in [1.165, 1.54) is 11.3 Å². The van der Waals surface area contributed by atoms with Crippen molar-refractivity contribution in [3.05, 3.63) is 44.9 Å². The minimum Gasteiger partial charge on any atom is -0.476 e. The highest BCUT2D eigenvalue weighted by atomic mass is 79.9. The van der Waals surface area contributed by atoms with Crippen molar-refractivity contribution in [2.75, 3.05) is 13.6 Å². The molecule has 1 aromatic carbocycles. The highest BCUT2D eigenvalue weighted by molar-refractivity contribution is 8.93. The van der Waals surface area contributed by atoms with Crippen LogP contribution in [-0.4, -0.2) is 40.9 Å². The summed E-state index contributed by atoms with van der Waals surface area (Å²) in [5, 5.41) is 11.3. The largest absolute Gasteiger partial charge is 0.476 e. The second-order valence-electron chi connectivity index (χ2n) is 5.49. The van der Waals surface area contributed by atoms with Crippen molar-refractivity contribution in [2.24, 2.45) is 4.99 Å². The molecule has 2 aromatic rings. The SMILES string of the molecule is Br.CCN(C)C=Nc1cc(C)c(Cc2nc(C(=O)O)cs2)cc1C. The molecule has 130 valence electrons. The van der Waals surface area contributed by atoms with E-state index in [2.05, 4.69) is 29.0 Å². The van der Waals surface area contributed by atoms with E-state index in [4.69, 9.17) is 5.11 Å². The number of halogens is 1. The van der Waals surface area contributed by atoms with Crippen molar-refractivity contribution in [1.29, 1.82) is 0 Å². The monoisotopic (exact) mass is 411 g/mol. The Morgan fingerprint density at radius 1 is 1.38 bits per heavy atom. The summed E-state index contributed by atoms with van der Waals surface area (Å²) in [6.45, 7) is 7.07. The molecule has 1 heterocycles. The number of nitrogens with zero attached hydrogens (tertiary/aromatic N) is 3. The third-order valence-electron chi connectivity index (χ3n) is 3.66. The molecule has 0 radical (unpaired) electrons. The third kappa shape index (κ3) is 5.14. The van der Waals surface area contributed by atoms with Crippen LogP contribution in [0.25, 0.3) is 0 Å². The molecule has 7 heteroatoms.